The van der Waals surface area contributed by atoms with E-state index in [1.165, 1.54) is 56.4 Å². The van der Waals surface area contributed by atoms with Crippen molar-refractivity contribution in [2.75, 3.05) is 19.0 Å². The Morgan fingerprint density at radius 1 is 1.08 bits per heavy atom. The lowest BCUT2D eigenvalue weighted by Crippen LogP contribution is -2.33. The van der Waals surface area contributed by atoms with Gasteiger partial charge < -0.3 is 24.7 Å². The predicted octanol–water partition coefficient (Wildman–Crippen LogP) is 7.18. The minimum absolute atomic E-state index is 0.0376. The Balaban J connectivity index is 0.000000360. The zero-order valence-electron chi connectivity index (χ0n) is 22.0. The van der Waals surface area contributed by atoms with Crippen molar-refractivity contribution in [3.8, 4) is 11.5 Å². The van der Waals surface area contributed by atoms with Crippen LogP contribution in [0.3, 0.4) is 0 Å². The molecule has 2 aliphatic carbocycles. The molecule has 1 amide bonds. The van der Waals surface area contributed by atoms with Gasteiger partial charge in [0.05, 0.1) is 11.0 Å². The number of aromatic nitrogens is 2. The van der Waals surface area contributed by atoms with Crippen molar-refractivity contribution < 1.29 is 27.4 Å². The number of hydrogen-bond acceptors (Lipinski definition) is 5. The number of alkyl halides is 3. The van der Waals surface area contributed by atoms with Crippen LogP contribution < -0.4 is 14.8 Å². The molecular weight excluding hydrogens is 497 g/mol. The van der Waals surface area contributed by atoms with Crippen LogP contribution in [0.2, 0.25) is 0 Å². The van der Waals surface area contributed by atoms with Crippen LogP contribution in [-0.4, -0.2) is 46.8 Å². The van der Waals surface area contributed by atoms with Crippen molar-refractivity contribution in [3.05, 3.63) is 42.5 Å². The van der Waals surface area contributed by atoms with Crippen molar-refractivity contribution in [1.82, 2.24) is 14.9 Å². The number of rotatable bonds is 7. The lowest BCUT2D eigenvalue weighted by molar-refractivity contribution is -0.274. The molecule has 0 spiro atoms. The molecule has 2 N–H and O–H groups in total. The molecule has 2 fully saturated rings. The summed E-state index contributed by atoms with van der Waals surface area (Å²) in [4.78, 5) is 21.2. The van der Waals surface area contributed by atoms with E-state index >= 15 is 0 Å². The highest BCUT2D eigenvalue weighted by Gasteiger charge is 2.31. The number of nitrogens with zero attached hydrogens (tertiary/aromatic N) is 2. The second kappa shape index (κ2) is 11.5. The fourth-order valence-corrected chi connectivity index (χ4v) is 4.44. The van der Waals surface area contributed by atoms with Gasteiger partial charge >= 0.3 is 6.36 Å². The van der Waals surface area contributed by atoms with Crippen LogP contribution in [0.25, 0.3) is 11.0 Å². The lowest BCUT2D eigenvalue weighted by Gasteiger charge is -2.28. The number of fused-ring (bicyclic) bond motifs is 1. The number of halogens is 3. The largest absolute Gasteiger partial charge is 0.573 e. The molecule has 0 saturated heterocycles. The molecule has 0 bridgehead atoms. The quantitative estimate of drug-likeness (QED) is 0.337. The highest BCUT2D eigenvalue weighted by atomic mass is 19.4. The number of benzene rings is 2. The maximum atomic E-state index is 12.2. The average molecular weight is 533 g/mol. The van der Waals surface area contributed by atoms with Crippen molar-refractivity contribution in [3.63, 3.8) is 0 Å². The first-order valence-electron chi connectivity index (χ1n) is 13.0. The van der Waals surface area contributed by atoms with Gasteiger partial charge in [0.15, 0.2) is 6.61 Å². The summed E-state index contributed by atoms with van der Waals surface area (Å²) < 4.78 is 46.1. The first kappa shape index (κ1) is 27.6. The molecule has 1 aromatic heterocycles. The van der Waals surface area contributed by atoms with Crippen LogP contribution in [0, 0.1) is 5.41 Å². The molecule has 2 saturated carbocycles. The summed E-state index contributed by atoms with van der Waals surface area (Å²) in [7, 11) is 1.78. The van der Waals surface area contributed by atoms with Crippen molar-refractivity contribution in [2.45, 2.75) is 71.2 Å². The standard InChI is InChI=1S/C20H19F3N4O3.C8H16/c1-27(13-4-5-13)18(28)11-29-15-8-9-16-17(10-15)26-19(25-16)24-12-2-6-14(7-3-12)30-20(21,22)23;1-8(2)6-4-3-5-7-8/h2-3,6-10,13H,4-5,11H2,1H3,(H2,24,25,26);3-7H2,1-2H3. The lowest BCUT2D eigenvalue weighted by atomic mass is 9.78. The van der Waals surface area contributed by atoms with Crippen LogP contribution in [0.1, 0.15) is 58.8 Å². The van der Waals surface area contributed by atoms with E-state index in [4.69, 9.17) is 4.74 Å². The van der Waals surface area contributed by atoms with E-state index < -0.39 is 6.36 Å². The average Bonchev–Trinajstić information content (AvgIpc) is 3.62. The van der Waals surface area contributed by atoms with E-state index in [-0.39, 0.29) is 18.3 Å². The Bertz CT molecular complexity index is 1210. The van der Waals surface area contributed by atoms with E-state index in [0.717, 1.165) is 12.8 Å². The SMILES string of the molecule is CC1(C)CCCCC1.CN(C(=O)COc1ccc2nc(Nc3ccc(OC(F)(F)F)cc3)[nH]c2c1)C1CC1. The predicted molar refractivity (Wildman–Crippen MR) is 141 cm³/mol. The maximum Gasteiger partial charge on any atom is 0.573 e. The van der Waals surface area contributed by atoms with E-state index in [9.17, 15) is 18.0 Å². The number of carbonyl (C=O) groups excluding carboxylic acids is 1. The third-order valence-corrected chi connectivity index (χ3v) is 6.86. The van der Waals surface area contributed by atoms with Crippen LogP contribution >= 0.6 is 0 Å². The smallest absolute Gasteiger partial charge is 0.484 e. The van der Waals surface area contributed by atoms with Crippen LogP contribution in [0.4, 0.5) is 24.8 Å². The molecule has 2 aromatic carbocycles. The number of nitrogens with one attached hydrogen (secondary N) is 2. The van der Waals surface area contributed by atoms with Crippen LogP contribution in [0.15, 0.2) is 42.5 Å². The van der Waals surface area contributed by atoms with Crippen molar-refractivity contribution in [1.29, 1.82) is 0 Å². The molecular formula is C28H35F3N4O3. The number of hydrogen-bond donors (Lipinski definition) is 2. The number of likely N-dealkylation sites (N-methyl/N-ethyl adjacent to an activating group) is 1. The number of anilines is 2. The number of H-pyrrole nitrogens is 1. The molecule has 0 atom stereocenters. The number of ether oxygens (including phenoxy) is 2. The van der Waals surface area contributed by atoms with Gasteiger partial charge in [0, 0.05) is 24.8 Å². The minimum atomic E-state index is -4.73. The van der Waals surface area contributed by atoms with Gasteiger partial charge in [-0.1, -0.05) is 33.1 Å². The Morgan fingerprint density at radius 2 is 1.74 bits per heavy atom. The first-order chi connectivity index (χ1) is 18.0. The molecule has 38 heavy (non-hydrogen) atoms. The van der Waals surface area contributed by atoms with Crippen molar-refractivity contribution in [2.24, 2.45) is 5.41 Å². The van der Waals surface area contributed by atoms with Gasteiger partial charge in [-0.05, 0) is 67.5 Å². The summed E-state index contributed by atoms with van der Waals surface area (Å²) in [6.45, 7) is 4.72. The van der Waals surface area contributed by atoms with Gasteiger partial charge in [0.25, 0.3) is 5.91 Å². The second-order valence-corrected chi connectivity index (χ2v) is 10.7. The molecule has 0 unspecified atom stereocenters. The van der Waals surface area contributed by atoms with Gasteiger partial charge in [-0.15, -0.1) is 13.2 Å². The Labute approximate surface area is 220 Å². The molecule has 3 aromatic rings. The minimum Gasteiger partial charge on any atom is -0.484 e. The van der Waals surface area contributed by atoms with E-state index in [1.807, 2.05) is 0 Å². The highest BCUT2D eigenvalue weighted by Crippen LogP contribution is 2.34. The molecule has 7 nitrogen and oxygen atoms in total. The summed E-state index contributed by atoms with van der Waals surface area (Å²) >= 11 is 0. The zero-order valence-corrected chi connectivity index (χ0v) is 22.0. The molecule has 10 heteroatoms. The maximum absolute atomic E-state index is 12.2. The van der Waals surface area contributed by atoms with E-state index in [0.29, 0.717) is 39.9 Å². The summed E-state index contributed by atoms with van der Waals surface area (Å²) in [6.07, 6.45) is 4.65. The molecule has 5 rings (SSSR count). The van der Waals surface area contributed by atoms with Gasteiger partial charge in [0.1, 0.15) is 11.5 Å². The number of aromatic amines is 1. The highest BCUT2D eigenvalue weighted by molar-refractivity contribution is 5.81. The third kappa shape index (κ3) is 8.29. The molecule has 0 aliphatic heterocycles. The summed E-state index contributed by atoms with van der Waals surface area (Å²) in [6, 6.07) is 10.9. The Hall–Kier alpha value is -3.43. The Kier molecular flexibility index (Phi) is 8.38. The van der Waals surface area contributed by atoms with Gasteiger partial charge in [-0.2, -0.15) is 0 Å². The van der Waals surface area contributed by atoms with E-state index in [2.05, 4.69) is 33.9 Å². The molecule has 206 valence electrons. The second-order valence-electron chi connectivity index (χ2n) is 10.7. The third-order valence-electron chi connectivity index (χ3n) is 6.86. The van der Waals surface area contributed by atoms with Crippen molar-refractivity contribution >= 4 is 28.6 Å². The first-order valence-corrected chi connectivity index (χ1v) is 13.0. The van der Waals surface area contributed by atoms with Gasteiger partial charge in [0.2, 0.25) is 5.95 Å². The molecule has 0 radical (unpaired) electrons. The van der Waals surface area contributed by atoms with Gasteiger partial charge in [-0.25, -0.2) is 4.98 Å². The van der Waals surface area contributed by atoms with E-state index in [1.54, 1.807) is 30.1 Å². The summed E-state index contributed by atoms with van der Waals surface area (Å²) in [5.41, 5.74) is 2.57. The molecule has 2 aliphatic rings. The normalized spacial score (nSPS) is 16.8. The van der Waals surface area contributed by atoms with Crippen LogP contribution in [-0.2, 0) is 4.79 Å². The summed E-state index contributed by atoms with van der Waals surface area (Å²) in [5.74, 6) is 0.573. The van der Waals surface area contributed by atoms with Gasteiger partial charge in [-0.3, -0.25) is 4.79 Å². The molecule has 1 heterocycles. The monoisotopic (exact) mass is 532 g/mol. The number of carbonyl (C=O) groups is 1. The van der Waals surface area contributed by atoms with Crippen LogP contribution in [0.5, 0.6) is 11.5 Å². The number of imidazole rings is 1. The zero-order chi connectivity index (χ0) is 27.3. The fourth-order valence-electron chi connectivity index (χ4n) is 4.44. The Morgan fingerprint density at radius 3 is 2.32 bits per heavy atom. The summed E-state index contributed by atoms with van der Waals surface area (Å²) in [5, 5.41) is 2.98. The fraction of sp³-hybridized carbons (Fsp3) is 0.500. The topological polar surface area (TPSA) is 79.5 Å². The number of amides is 1.